The fourth-order valence-corrected chi connectivity index (χ4v) is 3.98. The first kappa shape index (κ1) is 27.2. The number of carbonyl (C=O) groups is 2. The van der Waals surface area contributed by atoms with Gasteiger partial charge >= 0.3 is 0 Å². The standard InChI is InChI=1S/C26H34BrClN2O3/c1-6-23(26(32)29-14-17(2)3)30(15-19-7-10-21(28)11-8-19)25(31)16-33-24-12-9-20(18(4)5)13-22(24)27/h7-13,17-18,23H,6,14-16H2,1-5H3,(H,29,32). The summed E-state index contributed by atoms with van der Waals surface area (Å²) in [6, 6.07) is 12.6. The van der Waals surface area contributed by atoms with E-state index in [1.165, 1.54) is 5.56 Å². The number of ether oxygens (including phenoxy) is 1. The first-order chi connectivity index (χ1) is 15.6. The van der Waals surface area contributed by atoms with Crippen LogP contribution in [0, 0.1) is 5.92 Å². The zero-order chi connectivity index (χ0) is 24.5. The van der Waals surface area contributed by atoms with E-state index in [4.69, 9.17) is 16.3 Å². The summed E-state index contributed by atoms with van der Waals surface area (Å²) >= 11 is 9.55. The van der Waals surface area contributed by atoms with Crippen LogP contribution >= 0.6 is 27.5 Å². The molecule has 7 heteroatoms. The van der Waals surface area contributed by atoms with E-state index in [-0.39, 0.29) is 18.4 Å². The van der Waals surface area contributed by atoms with Crippen LogP contribution in [0.3, 0.4) is 0 Å². The van der Waals surface area contributed by atoms with Crippen LogP contribution in [0.4, 0.5) is 0 Å². The van der Waals surface area contributed by atoms with Crippen molar-refractivity contribution in [2.24, 2.45) is 5.92 Å². The lowest BCUT2D eigenvalue weighted by Gasteiger charge is -2.31. The molecule has 0 aliphatic heterocycles. The van der Waals surface area contributed by atoms with Crippen molar-refractivity contribution in [3.8, 4) is 5.75 Å². The molecule has 33 heavy (non-hydrogen) atoms. The molecule has 1 atom stereocenters. The van der Waals surface area contributed by atoms with Crippen molar-refractivity contribution in [1.82, 2.24) is 10.2 Å². The van der Waals surface area contributed by atoms with Gasteiger partial charge in [-0.2, -0.15) is 0 Å². The minimum Gasteiger partial charge on any atom is -0.483 e. The van der Waals surface area contributed by atoms with Crippen LogP contribution in [0.15, 0.2) is 46.9 Å². The van der Waals surface area contributed by atoms with Crippen LogP contribution in [0.1, 0.15) is 58.1 Å². The molecule has 2 rings (SSSR count). The summed E-state index contributed by atoms with van der Waals surface area (Å²) in [6.45, 7) is 10.9. The monoisotopic (exact) mass is 536 g/mol. The molecule has 0 radical (unpaired) electrons. The Bertz CT molecular complexity index is 932. The van der Waals surface area contributed by atoms with E-state index in [1.54, 1.807) is 17.0 Å². The summed E-state index contributed by atoms with van der Waals surface area (Å²) in [5, 5.41) is 3.58. The Labute approximate surface area is 211 Å². The molecule has 0 saturated heterocycles. The van der Waals surface area contributed by atoms with E-state index < -0.39 is 6.04 Å². The fraction of sp³-hybridized carbons (Fsp3) is 0.462. The Kier molecular flexibility index (Phi) is 10.7. The highest BCUT2D eigenvalue weighted by molar-refractivity contribution is 9.10. The summed E-state index contributed by atoms with van der Waals surface area (Å²) in [5.74, 6) is 0.895. The summed E-state index contributed by atoms with van der Waals surface area (Å²) in [4.78, 5) is 27.8. The molecule has 0 aromatic heterocycles. The van der Waals surface area contributed by atoms with Crippen LogP contribution in [-0.2, 0) is 16.1 Å². The zero-order valence-corrected chi connectivity index (χ0v) is 22.4. The number of amides is 2. The van der Waals surface area contributed by atoms with Crippen LogP contribution < -0.4 is 10.1 Å². The predicted octanol–water partition coefficient (Wildman–Crippen LogP) is 6.18. The average molecular weight is 538 g/mol. The van der Waals surface area contributed by atoms with Crippen LogP contribution in [0.25, 0.3) is 0 Å². The van der Waals surface area contributed by atoms with Gasteiger partial charge in [-0.3, -0.25) is 9.59 Å². The average Bonchev–Trinajstić information content (AvgIpc) is 2.77. The van der Waals surface area contributed by atoms with Gasteiger partial charge in [0.15, 0.2) is 6.61 Å². The van der Waals surface area contributed by atoms with E-state index in [0.717, 1.165) is 10.0 Å². The lowest BCUT2D eigenvalue weighted by molar-refractivity contribution is -0.143. The molecule has 1 unspecified atom stereocenters. The maximum Gasteiger partial charge on any atom is 0.261 e. The number of carbonyl (C=O) groups excluding carboxylic acids is 2. The molecular weight excluding hydrogens is 504 g/mol. The molecular formula is C26H34BrClN2O3. The van der Waals surface area contributed by atoms with E-state index in [1.807, 2.05) is 51.1 Å². The summed E-state index contributed by atoms with van der Waals surface area (Å²) in [6.07, 6.45) is 0.496. The maximum atomic E-state index is 13.3. The molecule has 2 aromatic carbocycles. The highest BCUT2D eigenvalue weighted by Gasteiger charge is 2.29. The quantitative estimate of drug-likeness (QED) is 0.372. The van der Waals surface area contributed by atoms with E-state index in [2.05, 4.69) is 35.1 Å². The number of benzene rings is 2. The van der Waals surface area contributed by atoms with Gasteiger partial charge in [0.25, 0.3) is 5.91 Å². The molecule has 2 aromatic rings. The number of nitrogens with zero attached hydrogens (tertiary/aromatic N) is 1. The van der Waals surface area contributed by atoms with Gasteiger partial charge in [0, 0.05) is 18.1 Å². The number of halogens is 2. The third kappa shape index (κ3) is 8.35. The molecule has 1 N–H and O–H groups in total. The normalized spacial score (nSPS) is 12.0. The van der Waals surface area contributed by atoms with Gasteiger partial charge in [0.2, 0.25) is 5.91 Å². The van der Waals surface area contributed by atoms with Gasteiger partial charge in [0.1, 0.15) is 11.8 Å². The SMILES string of the molecule is CCC(C(=O)NCC(C)C)N(Cc1ccc(Cl)cc1)C(=O)COc1ccc(C(C)C)cc1Br. The Hall–Kier alpha value is -2.05. The number of hydrogen-bond donors (Lipinski definition) is 1. The predicted molar refractivity (Wildman–Crippen MR) is 138 cm³/mol. The first-order valence-corrected chi connectivity index (χ1v) is 12.5. The molecule has 5 nitrogen and oxygen atoms in total. The molecule has 0 saturated carbocycles. The minimum absolute atomic E-state index is 0.156. The summed E-state index contributed by atoms with van der Waals surface area (Å²) in [5.41, 5.74) is 2.07. The molecule has 0 spiro atoms. The number of hydrogen-bond acceptors (Lipinski definition) is 3. The van der Waals surface area contributed by atoms with Crippen molar-refractivity contribution >= 4 is 39.3 Å². The van der Waals surface area contributed by atoms with Crippen LogP contribution in [-0.4, -0.2) is 35.9 Å². The van der Waals surface area contributed by atoms with Gasteiger partial charge in [-0.15, -0.1) is 0 Å². The van der Waals surface area contributed by atoms with Gasteiger partial charge in [-0.1, -0.05) is 64.4 Å². The molecule has 0 bridgehead atoms. The summed E-state index contributed by atoms with van der Waals surface area (Å²) < 4.78 is 6.65. The molecule has 2 amide bonds. The summed E-state index contributed by atoms with van der Waals surface area (Å²) in [7, 11) is 0. The smallest absolute Gasteiger partial charge is 0.261 e. The topological polar surface area (TPSA) is 58.6 Å². The Morgan fingerprint density at radius 3 is 2.30 bits per heavy atom. The van der Waals surface area contributed by atoms with Crippen LogP contribution in [0.2, 0.25) is 5.02 Å². The molecule has 0 aliphatic carbocycles. The second-order valence-electron chi connectivity index (χ2n) is 8.84. The van der Waals surface area contributed by atoms with Crippen molar-refractivity contribution in [2.45, 2.75) is 59.5 Å². The van der Waals surface area contributed by atoms with Crippen molar-refractivity contribution in [2.75, 3.05) is 13.2 Å². The van der Waals surface area contributed by atoms with Crippen LogP contribution in [0.5, 0.6) is 5.75 Å². The lowest BCUT2D eigenvalue weighted by Crippen LogP contribution is -2.50. The minimum atomic E-state index is -0.595. The molecule has 0 aliphatic rings. The number of nitrogens with one attached hydrogen (secondary N) is 1. The Morgan fingerprint density at radius 2 is 1.76 bits per heavy atom. The lowest BCUT2D eigenvalue weighted by atomic mass is 10.0. The van der Waals surface area contributed by atoms with Crippen molar-refractivity contribution in [1.29, 1.82) is 0 Å². The van der Waals surface area contributed by atoms with Gasteiger partial charge < -0.3 is 15.0 Å². The van der Waals surface area contributed by atoms with Gasteiger partial charge in [-0.25, -0.2) is 0 Å². The second-order valence-corrected chi connectivity index (χ2v) is 10.1. The Morgan fingerprint density at radius 1 is 1.09 bits per heavy atom. The largest absolute Gasteiger partial charge is 0.483 e. The van der Waals surface area contributed by atoms with Crippen molar-refractivity contribution in [3.05, 3.63) is 63.1 Å². The highest BCUT2D eigenvalue weighted by atomic mass is 79.9. The third-order valence-corrected chi connectivity index (χ3v) is 6.18. The molecule has 0 fully saturated rings. The Balaban J connectivity index is 2.20. The zero-order valence-electron chi connectivity index (χ0n) is 20.0. The second kappa shape index (κ2) is 13.0. The maximum absolute atomic E-state index is 13.3. The fourth-order valence-electron chi connectivity index (χ4n) is 3.34. The van der Waals surface area contributed by atoms with Gasteiger partial charge in [-0.05, 0) is 69.6 Å². The van der Waals surface area contributed by atoms with E-state index in [0.29, 0.717) is 42.1 Å². The van der Waals surface area contributed by atoms with Gasteiger partial charge in [0.05, 0.1) is 4.47 Å². The highest BCUT2D eigenvalue weighted by Crippen LogP contribution is 2.29. The van der Waals surface area contributed by atoms with E-state index in [9.17, 15) is 9.59 Å². The van der Waals surface area contributed by atoms with E-state index >= 15 is 0 Å². The first-order valence-electron chi connectivity index (χ1n) is 11.4. The molecule has 180 valence electrons. The van der Waals surface area contributed by atoms with Crippen molar-refractivity contribution in [3.63, 3.8) is 0 Å². The van der Waals surface area contributed by atoms with Crippen molar-refractivity contribution < 1.29 is 14.3 Å². The number of rotatable bonds is 11. The third-order valence-electron chi connectivity index (χ3n) is 5.31. The molecule has 0 heterocycles.